The summed E-state index contributed by atoms with van der Waals surface area (Å²) in [5.41, 5.74) is 3.77. The first-order chi connectivity index (χ1) is 26.5. The zero-order valence-corrected chi connectivity index (χ0v) is 27.1. The van der Waals surface area contributed by atoms with Crippen LogP contribution in [0.5, 0.6) is 11.5 Å². The van der Waals surface area contributed by atoms with Crippen LogP contribution < -0.4 is 9.47 Å². The van der Waals surface area contributed by atoms with Crippen LogP contribution in [-0.4, -0.2) is 40.5 Å². The molecule has 0 amide bonds. The number of hydrogen-bond acceptors (Lipinski definition) is 7. The van der Waals surface area contributed by atoms with Gasteiger partial charge in [-0.2, -0.15) is 0 Å². The van der Waals surface area contributed by atoms with Crippen molar-refractivity contribution in [1.29, 1.82) is 0 Å². The minimum Gasteiger partial charge on any atom is -0.497 e. The summed E-state index contributed by atoms with van der Waals surface area (Å²) in [6.45, 7) is 0.580. The largest absolute Gasteiger partial charge is 0.497 e. The maximum absolute atomic E-state index is 8.12. The molecule has 0 saturated heterocycles. The van der Waals surface area contributed by atoms with E-state index < -0.39 is 38.5 Å². The zero-order valence-electron chi connectivity index (χ0n) is 33.1. The Kier molecular flexibility index (Phi) is 9.91. The number of methoxy groups -OCH3 is 2. The Morgan fingerprint density at radius 3 is 1.20 bits per heavy atom. The van der Waals surface area contributed by atoms with E-state index in [4.69, 9.17) is 41.4 Å². The lowest BCUT2D eigenvalue weighted by molar-refractivity contribution is -0.109. The van der Waals surface area contributed by atoms with Gasteiger partial charge < -0.3 is 33.2 Å². The molecular weight excluding hydrogens is 616 g/mol. The van der Waals surface area contributed by atoms with Crippen molar-refractivity contribution in [2.75, 3.05) is 40.5 Å². The summed E-state index contributed by atoms with van der Waals surface area (Å²) in [6.07, 6.45) is -2.64. The van der Waals surface area contributed by atoms with Gasteiger partial charge in [0.15, 0.2) is 0 Å². The van der Waals surface area contributed by atoms with Crippen molar-refractivity contribution in [1.82, 2.24) is 0 Å². The first-order valence-corrected chi connectivity index (χ1v) is 16.3. The Hall–Kier alpha value is -4.50. The van der Waals surface area contributed by atoms with Gasteiger partial charge in [0, 0.05) is 11.1 Å². The number of benzene rings is 5. The van der Waals surface area contributed by atoms with Crippen molar-refractivity contribution in [3.8, 4) is 11.5 Å². The summed E-state index contributed by atoms with van der Waals surface area (Å²) in [5, 5.41) is 0. The highest BCUT2D eigenvalue weighted by molar-refractivity contribution is 5.47. The van der Waals surface area contributed by atoms with Crippen LogP contribution in [0.3, 0.4) is 0 Å². The highest BCUT2D eigenvalue weighted by atomic mass is 16.6. The Morgan fingerprint density at radius 2 is 0.837 bits per heavy atom. The lowest BCUT2D eigenvalue weighted by atomic mass is 9.97. The average Bonchev–Trinajstić information content (AvgIpc) is 3.17. The lowest BCUT2D eigenvalue weighted by Crippen LogP contribution is -2.22. The van der Waals surface area contributed by atoms with Gasteiger partial charge >= 0.3 is 0 Å². The van der Waals surface area contributed by atoms with Crippen LogP contribution in [-0.2, 0) is 36.9 Å². The summed E-state index contributed by atoms with van der Waals surface area (Å²) in [5.74, 6) is -0.0822. The van der Waals surface area contributed by atoms with Crippen LogP contribution in [0, 0.1) is 0 Å². The minimum absolute atomic E-state index is 0.0408. The van der Waals surface area contributed by atoms with Gasteiger partial charge in [-0.1, -0.05) is 121 Å². The Morgan fingerprint density at radius 1 is 0.469 bits per heavy atom. The second-order valence-electron chi connectivity index (χ2n) is 11.6. The fourth-order valence-corrected chi connectivity index (χ4v) is 6.06. The van der Waals surface area contributed by atoms with E-state index in [2.05, 4.69) is 0 Å². The molecule has 254 valence electrons. The normalized spacial score (nSPS) is 23.5. The molecule has 1 aliphatic rings. The molecule has 0 unspecified atom stereocenters. The van der Waals surface area contributed by atoms with Crippen molar-refractivity contribution in [2.45, 2.75) is 37.6 Å². The number of rotatable bonds is 6. The number of hydrogen-bond donors (Lipinski definition) is 0. The van der Waals surface area contributed by atoms with Gasteiger partial charge in [-0.25, -0.2) is 0 Å². The molecule has 49 heavy (non-hydrogen) atoms. The van der Waals surface area contributed by atoms with E-state index in [1.807, 2.05) is 121 Å². The van der Waals surface area contributed by atoms with Gasteiger partial charge in [0.05, 0.1) is 61.9 Å². The van der Waals surface area contributed by atoms with Crippen molar-refractivity contribution >= 4 is 0 Å². The molecule has 0 aromatic heterocycles. The minimum atomic E-state index is -2.88. The van der Waals surface area contributed by atoms with E-state index in [1.54, 1.807) is 0 Å². The molecule has 0 fully saturated rings. The van der Waals surface area contributed by atoms with Crippen molar-refractivity contribution in [3.05, 3.63) is 167 Å². The topological polar surface area (TPSA) is 64.6 Å². The highest BCUT2D eigenvalue weighted by Crippen LogP contribution is 2.40. The van der Waals surface area contributed by atoms with Gasteiger partial charge in [0.2, 0.25) is 0 Å². The molecule has 7 nitrogen and oxygen atoms in total. The summed E-state index contributed by atoms with van der Waals surface area (Å²) >= 11 is 0. The van der Waals surface area contributed by atoms with E-state index in [-0.39, 0.29) is 62.3 Å². The van der Waals surface area contributed by atoms with E-state index in [1.165, 1.54) is 12.1 Å². The van der Waals surface area contributed by atoms with Crippen LogP contribution in [0.1, 0.15) is 66.0 Å². The van der Waals surface area contributed by atoms with Crippen LogP contribution in [0.4, 0.5) is 0 Å². The summed E-state index contributed by atoms with van der Waals surface area (Å²) in [7, 11) is -5.69. The molecule has 4 atom stereocenters. The highest BCUT2D eigenvalue weighted by Gasteiger charge is 2.30. The predicted molar refractivity (Wildman–Crippen MR) is 189 cm³/mol. The SMILES string of the molecule is [2H]C([2H])([2H])Oc1cc2c(OC([2H])([2H])[2H])c(c1)CO[C@@H](c1ccccc1)[C@H](c1ccccc1)OCCOCCO[C@@H](c1ccccc1)[C@H](c1ccccc1)OC2. The third-order valence-electron chi connectivity index (χ3n) is 8.39. The standard InChI is InChI=1S/C42H44O7/c1-43-37-27-35-29-48-41(33-19-11-5-12-20-33)39(31-15-7-3-8-16-31)46-25-23-45-24-26-47-40(32-17-9-4-10-18-32)42(34-21-13-6-14-22-34)49-30-36(28-37)38(35)44-2/h3-22,27-28,39-42H,23-26,29-30H2,1-2H3/t39-,40-,41-,42-/m0/s1/i1D3,2D3. The second-order valence-corrected chi connectivity index (χ2v) is 11.6. The third kappa shape index (κ3) is 8.95. The number of ether oxygens (including phenoxy) is 7. The first-order valence-electron chi connectivity index (χ1n) is 19.3. The molecular formula is C42H44O7. The zero-order chi connectivity index (χ0) is 38.7. The van der Waals surface area contributed by atoms with Crippen molar-refractivity contribution in [2.24, 2.45) is 0 Å². The molecule has 0 saturated carbocycles. The monoisotopic (exact) mass is 666 g/mol. The smallest absolute Gasteiger partial charge is 0.130 e. The van der Waals surface area contributed by atoms with Crippen LogP contribution in [0.2, 0.25) is 0 Å². The molecule has 5 aromatic carbocycles. The molecule has 0 spiro atoms. The summed E-state index contributed by atoms with van der Waals surface area (Å²) < 4.78 is 91.6. The van der Waals surface area contributed by atoms with E-state index >= 15 is 0 Å². The Bertz CT molecular complexity index is 1770. The fraction of sp³-hybridized carbons (Fsp3) is 0.286. The maximum atomic E-state index is 8.12. The van der Waals surface area contributed by atoms with Gasteiger partial charge in [-0.15, -0.1) is 0 Å². The van der Waals surface area contributed by atoms with Crippen LogP contribution in [0.25, 0.3) is 0 Å². The second kappa shape index (κ2) is 17.8. The molecule has 0 N–H and O–H groups in total. The van der Waals surface area contributed by atoms with Gasteiger partial charge in [-0.05, 0) is 34.4 Å². The average molecular weight is 667 g/mol. The first kappa shape index (κ1) is 27.3. The van der Waals surface area contributed by atoms with Crippen molar-refractivity contribution < 1.29 is 41.4 Å². The van der Waals surface area contributed by atoms with Gasteiger partial charge in [-0.3, -0.25) is 0 Å². The Labute approximate surface area is 297 Å². The molecule has 6 rings (SSSR count). The predicted octanol–water partition coefficient (Wildman–Crippen LogP) is 8.77. The summed E-state index contributed by atoms with van der Waals surface area (Å²) in [4.78, 5) is 0. The molecule has 1 aliphatic heterocycles. The Balaban J connectivity index is 1.48. The van der Waals surface area contributed by atoms with Crippen molar-refractivity contribution in [3.63, 3.8) is 0 Å². The molecule has 2 bridgehead atoms. The number of fused-ring (bicyclic) bond motifs is 2. The summed E-state index contributed by atoms with van der Waals surface area (Å²) in [6, 6.07) is 41.2. The van der Waals surface area contributed by atoms with E-state index in [9.17, 15) is 0 Å². The van der Waals surface area contributed by atoms with Crippen LogP contribution >= 0.6 is 0 Å². The maximum Gasteiger partial charge on any atom is 0.130 e. The van der Waals surface area contributed by atoms with Crippen LogP contribution in [0.15, 0.2) is 133 Å². The van der Waals surface area contributed by atoms with Gasteiger partial charge in [0.25, 0.3) is 0 Å². The molecule has 0 aliphatic carbocycles. The molecule has 7 heteroatoms. The molecule has 5 aromatic rings. The third-order valence-corrected chi connectivity index (χ3v) is 8.39. The van der Waals surface area contributed by atoms with E-state index in [0.29, 0.717) is 0 Å². The molecule has 1 heterocycles. The van der Waals surface area contributed by atoms with E-state index in [0.717, 1.165) is 22.3 Å². The quantitative estimate of drug-likeness (QED) is 0.180. The van der Waals surface area contributed by atoms with Gasteiger partial charge in [0.1, 0.15) is 35.9 Å². The molecule has 0 radical (unpaired) electrons. The fourth-order valence-electron chi connectivity index (χ4n) is 6.06. The lowest BCUT2D eigenvalue weighted by Gasteiger charge is -2.30.